The summed E-state index contributed by atoms with van der Waals surface area (Å²) in [5, 5.41) is 3.00. The Balaban J connectivity index is 2.16. The third-order valence-electron chi connectivity index (χ3n) is 5.59. The molecule has 9 nitrogen and oxygen atoms in total. The molecule has 38 heavy (non-hydrogen) atoms. The number of methoxy groups -OCH3 is 3. The van der Waals surface area contributed by atoms with Crippen molar-refractivity contribution in [2.45, 2.75) is 39.3 Å². The molecule has 0 radical (unpaired) electrons. The number of amides is 1. The number of hydrogen-bond donors (Lipinski definition) is 1. The van der Waals surface area contributed by atoms with Crippen LogP contribution in [0.2, 0.25) is 0 Å². The SMILES string of the molecule is COc1cc(C(C(=O)NC(C)(C)C)N(C)CCOC(=O)C=CC(=O)c2ccc(C)cc2)cc(OC)c1OC. The molecule has 206 valence electrons. The van der Waals surface area contributed by atoms with Crippen LogP contribution in [-0.2, 0) is 14.3 Å². The van der Waals surface area contributed by atoms with Crippen LogP contribution < -0.4 is 19.5 Å². The molecule has 0 heterocycles. The Kier molecular flexibility index (Phi) is 10.9. The van der Waals surface area contributed by atoms with Crippen molar-refractivity contribution in [3.8, 4) is 17.2 Å². The van der Waals surface area contributed by atoms with Crippen molar-refractivity contribution >= 4 is 17.7 Å². The van der Waals surface area contributed by atoms with Gasteiger partial charge < -0.3 is 24.3 Å². The quantitative estimate of drug-likeness (QED) is 0.252. The van der Waals surface area contributed by atoms with Gasteiger partial charge in [-0.05, 0) is 58.5 Å². The summed E-state index contributed by atoms with van der Waals surface area (Å²) in [6.45, 7) is 7.85. The van der Waals surface area contributed by atoms with Crippen LogP contribution >= 0.6 is 0 Å². The highest BCUT2D eigenvalue weighted by molar-refractivity contribution is 6.07. The summed E-state index contributed by atoms with van der Waals surface area (Å²) in [6.07, 6.45) is 2.29. The van der Waals surface area contributed by atoms with E-state index in [1.165, 1.54) is 27.4 Å². The Morgan fingerprint density at radius 3 is 2.03 bits per heavy atom. The van der Waals surface area contributed by atoms with E-state index in [-0.39, 0.29) is 24.8 Å². The molecule has 2 aromatic rings. The number of carbonyl (C=O) groups is 3. The van der Waals surface area contributed by atoms with Crippen molar-refractivity contribution in [2.24, 2.45) is 0 Å². The van der Waals surface area contributed by atoms with Crippen molar-refractivity contribution in [3.63, 3.8) is 0 Å². The van der Waals surface area contributed by atoms with Gasteiger partial charge >= 0.3 is 5.97 Å². The summed E-state index contributed by atoms with van der Waals surface area (Å²) in [7, 11) is 6.27. The van der Waals surface area contributed by atoms with E-state index in [4.69, 9.17) is 18.9 Å². The van der Waals surface area contributed by atoms with Crippen LogP contribution in [0.3, 0.4) is 0 Å². The molecule has 1 atom stereocenters. The Morgan fingerprint density at radius 1 is 0.947 bits per heavy atom. The standard InChI is InChI=1S/C29H38N2O7/c1-19-9-11-20(12-10-19)22(32)13-14-25(33)38-16-15-31(5)26(28(34)30-29(2,3)4)21-17-23(35-6)27(37-8)24(18-21)36-7/h9-14,17-18,26H,15-16H2,1-8H3,(H,30,34). The first-order valence-electron chi connectivity index (χ1n) is 12.2. The maximum absolute atomic E-state index is 13.4. The molecule has 0 saturated heterocycles. The summed E-state index contributed by atoms with van der Waals surface area (Å²) < 4.78 is 21.6. The van der Waals surface area contributed by atoms with Gasteiger partial charge in [0.1, 0.15) is 12.6 Å². The third-order valence-corrected chi connectivity index (χ3v) is 5.59. The number of nitrogens with one attached hydrogen (secondary N) is 1. The van der Waals surface area contributed by atoms with Gasteiger partial charge in [0.2, 0.25) is 11.7 Å². The number of allylic oxidation sites excluding steroid dienone is 1. The smallest absolute Gasteiger partial charge is 0.330 e. The lowest BCUT2D eigenvalue weighted by Gasteiger charge is -2.31. The molecule has 2 rings (SSSR count). The summed E-state index contributed by atoms with van der Waals surface area (Å²) in [5.41, 5.74) is 1.66. The molecule has 0 saturated carbocycles. The van der Waals surface area contributed by atoms with E-state index in [2.05, 4.69) is 5.32 Å². The van der Waals surface area contributed by atoms with E-state index >= 15 is 0 Å². The van der Waals surface area contributed by atoms with Crippen LogP contribution in [0, 0.1) is 6.92 Å². The van der Waals surface area contributed by atoms with E-state index < -0.39 is 17.6 Å². The zero-order valence-electron chi connectivity index (χ0n) is 23.4. The summed E-state index contributed by atoms with van der Waals surface area (Å²) in [4.78, 5) is 39.6. The molecule has 0 aliphatic rings. The largest absolute Gasteiger partial charge is 0.493 e. The van der Waals surface area contributed by atoms with Gasteiger partial charge in [-0.15, -0.1) is 0 Å². The summed E-state index contributed by atoms with van der Waals surface area (Å²) >= 11 is 0. The van der Waals surface area contributed by atoms with Gasteiger partial charge in [0, 0.05) is 23.7 Å². The summed E-state index contributed by atoms with van der Waals surface area (Å²) in [5.74, 6) is 0.0569. The molecule has 9 heteroatoms. The predicted octanol–water partition coefficient (Wildman–Crippen LogP) is 3.89. The first kappa shape index (κ1) is 30.4. The average molecular weight is 527 g/mol. The average Bonchev–Trinajstić information content (AvgIpc) is 2.86. The second kappa shape index (κ2) is 13.6. The minimum atomic E-state index is -0.750. The van der Waals surface area contributed by atoms with Crippen LogP contribution in [-0.4, -0.2) is 69.6 Å². The van der Waals surface area contributed by atoms with Crippen LogP contribution in [0.4, 0.5) is 0 Å². The van der Waals surface area contributed by atoms with Crippen molar-refractivity contribution in [2.75, 3.05) is 41.5 Å². The number of rotatable bonds is 12. The lowest BCUT2D eigenvalue weighted by molar-refractivity contribution is -0.138. The monoisotopic (exact) mass is 526 g/mol. The first-order valence-corrected chi connectivity index (χ1v) is 12.2. The van der Waals surface area contributed by atoms with Gasteiger partial charge in [-0.3, -0.25) is 14.5 Å². The molecule has 0 fully saturated rings. The summed E-state index contributed by atoms with van der Waals surface area (Å²) in [6, 6.07) is 9.75. The number of aryl methyl sites for hydroxylation is 1. The van der Waals surface area contributed by atoms with E-state index in [0.29, 0.717) is 28.4 Å². The van der Waals surface area contributed by atoms with E-state index in [0.717, 1.165) is 11.6 Å². The molecule has 0 aliphatic carbocycles. The van der Waals surface area contributed by atoms with E-state index in [1.54, 1.807) is 36.2 Å². The van der Waals surface area contributed by atoms with Gasteiger partial charge in [0.15, 0.2) is 17.3 Å². The number of ketones is 1. The maximum Gasteiger partial charge on any atom is 0.330 e. The van der Waals surface area contributed by atoms with E-state index in [1.807, 2.05) is 39.8 Å². The first-order chi connectivity index (χ1) is 17.9. The Bertz CT molecular complexity index is 1130. The number of hydrogen-bond acceptors (Lipinski definition) is 8. The van der Waals surface area contributed by atoms with Crippen molar-refractivity contribution < 1.29 is 33.3 Å². The highest BCUT2D eigenvalue weighted by Gasteiger charge is 2.30. The van der Waals surface area contributed by atoms with Gasteiger partial charge in [-0.25, -0.2) is 4.79 Å². The van der Waals surface area contributed by atoms with Crippen LogP contribution in [0.5, 0.6) is 17.2 Å². The van der Waals surface area contributed by atoms with Crippen molar-refractivity contribution in [1.29, 1.82) is 0 Å². The zero-order valence-corrected chi connectivity index (χ0v) is 23.4. The fourth-order valence-corrected chi connectivity index (χ4v) is 3.73. The molecule has 0 bridgehead atoms. The molecule has 1 N–H and O–H groups in total. The molecular weight excluding hydrogens is 488 g/mol. The van der Waals surface area contributed by atoms with Gasteiger partial charge in [-0.2, -0.15) is 0 Å². The zero-order chi connectivity index (χ0) is 28.5. The number of likely N-dealkylation sites (N-methyl/N-ethyl adjacent to an activating group) is 1. The lowest BCUT2D eigenvalue weighted by Crippen LogP contribution is -2.47. The topological polar surface area (TPSA) is 103 Å². The minimum absolute atomic E-state index is 0.00210. The number of esters is 1. The number of nitrogens with zero attached hydrogens (tertiary/aromatic N) is 1. The molecular formula is C29H38N2O7. The normalized spacial score (nSPS) is 12.2. The van der Waals surface area contributed by atoms with Gasteiger partial charge in [-0.1, -0.05) is 29.8 Å². The highest BCUT2D eigenvalue weighted by Crippen LogP contribution is 2.40. The fraction of sp³-hybridized carbons (Fsp3) is 0.414. The molecule has 0 aliphatic heterocycles. The molecule has 1 amide bonds. The van der Waals surface area contributed by atoms with Gasteiger partial charge in [0.05, 0.1) is 21.3 Å². The molecule has 0 aromatic heterocycles. The number of benzene rings is 2. The second-order valence-electron chi connectivity index (χ2n) is 9.81. The molecule has 2 aromatic carbocycles. The number of ether oxygens (including phenoxy) is 4. The van der Waals surface area contributed by atoms with Crippen LogP contribution in [0.15, 0.2) is 48.6 Å². The Morgan fingerprint density at radius 2 is 1.53 bits per heavy atom. The van der Waals surface area contributed by atoms with Crippen molar-refractivity contribution in [3.05, 3.63) is 65.2 Å². The fourth-order valence-electron chi connectivity index (χ4n) is 3.73. The third kappa shape index (κ3) is 8.62. The highest BCUT2D eigenvalue weighted by atomic mass is 16.5. The Hall–Kier alpha value is -3.85. The number of carbonyl (C=O) groups excluding carboxylic acids is 3. The lowest BCUT2D eigenvalue weighted by atomic mass is 10.0. The second-order valence-corrected chi connectivity index (χ2v) is 9.81. The van der Waals surface area contributed by atoms with E-state index in [9.17, 15) is 14.4 Å². The van der Waals surface area contributed by atoms with Crippen molar-refractivity contribution in [1.82, 2.24) is 10.2 Å². The van der Waals surface area contributed by atoms with Crippen LogP contribution in [0.1, 0.15) is 48.3 Å². The molecule has 0 spiro atoms. The Labute approximate surface area is 224 Å². The predicted molar refractivity (Wildman–Crippen MR) is 145 cm³/mol. The molecule has 1 unspecified atom stereocenters. The van der Waals surface area contributed by atoms with Gasteiger partial charge in [0.25, 0.3) is 0 Å². The maximum atomic E-state index is 13.4. The van der Waals surface area contributed by atoms with Crippen LogP contribution in [0.25, 0.3) is 0 Å². The minimum Gasteiger partial charge on any atom is -0.493 e.